The van der Waals surface area contributed by atoms with E-state index < -0.39 is 5.60 Å². The second kappa shape index (κ2) is 8.85. The number of allylic oxidation sites excluding steroid dienone is 1. The maximum Gasteiger partial charge on any atom is 1.00 e. The van der Waals surface area contributed by atoms with Gasteiger partial charge in [0.2, 0.25) is 0 Å². The summed E-state index contributed by atoms with van der Waals surface area (Å²) in [5, 5.41) is 12.0. The summed E-state index contributed by atoms with van der Waals surface area (Å²) in [6.45, 7) is 6.26. The van der Waals surface area contributed by atoms with Gasteiger partial charge < -0.3 is 14.6 Å². The van der Waals surface area contributed by atoms with Gasteiger partial charge in [-0.05, 0) is 50.5 Å². The topological polar surface area (TPSA) is 58.6 Å². The van der Waals surface area contributed by atoms with Gasteiger partial charge in [0.05, 0.1) is 12.6 Å². The molecule has 2 atom stereocenters. The predicted octanol–water partition coefficient (Wildman–Crippen LogP) is 0.0770. The van der Waals surface area contributed by atoms with E-state index in [2.05, 4.69) is 6.92 Å². The van der Waals surface area contributed by atoms with Gasteiger partial charge in [-0.3, -0.25) is 0 Å². The normalized spacial score (nSPS) is 26.2. The van der Waals surface area contributed by atoms with E-state index in [0.29, 0.717) is 18.9 Å². The van der Waals surface area contributed by atoms with Gasteiger partial charge in [0.25, 0.3) is 0 Å². The monoisotopic (exact) mass is 314 g/mol. The van der Waals surface area contributed by atoms with Crippen LogP contribution in [0, 0.1) is 11.8 Å². The number of esters is 1. The van der Waals surface area contributed by atoms with E-state index in [0.717, 1.165) is 18.4 Å². The van der Waals surface area contributed by atoms with Gasteiger partial charge in [-0.2, -0.15) is 0 Å². The van der Waals surface area contributed by atoms with Crippen LogP contribution in [-0.2, 0) is 14.3 Å². The summed E-state index contributed by atoms with van der Waals surface area (Å²) >= 11 is 0. The zero-order chi connectivity index (χ0) is 16.2. The number of hydrogen-bond donors (Lipinski definition) is 0. The number of rotatable bonds is 6. The van der Waals surface area contributed by atoms with E-state index in [-0.39, 0.29) is 36.7 Å². The van der Waals surface area contributed by atoms with Crippen molar-refractivity contribution < 1.29 is 38.2 Å². The summed E-state index contributed by atoms with van der Waals surface area (Å²) in [7, 11) is 0. The van der Waals surface area contributed by atoms with Crippen LogP contribution in [0.2, 0.25) is 0 Å². The molecule has 1 aliphatic carbocycles. The Balaban J connectivity index is 0.00000264. The molecule has 0 spiro atoms. The fraction of sp³-hybridized carbons (Fsp3) is 0.722. The van der Waals surface area contributed by atoms with Crippen LogP contribution in [0.4, 0.5) is 0 Å². The standard InChI is InChI=1S/C18H28O4.Li/c1-4-21-15(19)12-8-9-13(2)18(3)16(17(20)22-18)14-10-6-5-7-11-14;/h8,12-14,20H,4-7,9-11H2,1-3H3;/q;+1/p-1/b12-8+;. The molecule has 2 unspecified atom stereocenters. The Morgan fingerprint density at radius 3 is 2.65 bits per heavy atom. The number of carbonyl (C=O) groups is 1. The van der Waals surface area contributed by atoms with Gasteiger partial charge in [0.1, 0.15) is 0 Å². The van der Waals surface area contributed by atoms with Crippen LogP contribution >= 0.6 is 0 Å². The fourth-order valence-electron chi connectivity index (χ4n) is 3.57. The van der Waals surface area contributed by atoms with Crippen molar-refractivity contribution in [2.24, 2.45) is 11.8 Å². The fourth-order valence-corrected chi connectivity index (χ4v) is 3.57. The molecule has 0 aromatic rings. The van der Waals surface area contributed by atoms with Crippen LogP contribution in [0.3, 0.4) is 0 Å². The van der Waals surface area contributed by atoms with Crippen molar-refractivity contribution in [2.75, 3.05) is 6.61 Å². The molecule has 1 fully saturated rings. The van der Waals surface area contributed by atoms with E-state index in [9.17, 15) is 9.90 Å². The SMILES string of the molecule is CCOC(=O)/C=C/CC(C)C1(C)OC([O-])=C1C1CCCCC1.[Li+]. The van der Waals surface area contributed by atoms with Crippen LogP contribution in [0.25, 0.3) is 0 Å². The molecular formula is C18H27LiO4. The first-order valence-electron chi connectivity index (χ1n) is 8.43. The van der Waals surface area contributed by atoms with Crippen LogP contribution in [0.1, 0.15) is 59.3 Å². The minimum atomic E-state index is -0.474. The molecule has 0 saturated heterocycles. The van der Waals surface area contributed by atoms with Gasteiger partial charge in [-0.15, -0.1) is 0 Å². The molecule has 2 rings (SSSR count). The first-order chi connectivity index (χ1) is 10.5. The van der Waals surface area contributed by atoms with Crippen molar-refractivity contribution in [2.45, 2.75) is 64.9 Å². The van der Waals surface area contributed by atoms with Gasteiger partial charge in [-0.1, -0.05) is 32.3 Å². The molecule has 4 nitrogen and oxygen atoms in total. The van der Waals surface area contributed by atoms with Gasteiger partial charge in [0.15, 0.2) is 0 Å². The predicted molar refractivity (Wildman–Crippen MR) is 82.6 cm³/mol. The number of carbonyl (C=O) groups excluding carboxylic acids is 1. The Morgan fingerprint density at radius 2 is 2.09 bits per heavy atom. The summed E-state index contributed by atoms with van der Waals surface area (Å²) in [6.07, 6.45) is 9.86. The molecule has 0 N–H and O–H groups in total. The van der Waals surface area contributed by atoms with Gasteiger partial charge in [-0.25, -0.2) is 4.79 Å². The second-order valence-corrected chi connectivity index (χ2v) is 6.54. The van der Waals surface area contributed by atoms with Crippen molar-refractivity contribution in [3.63, 3.8) is 0 Å². The van der Waals surface area contributed by atoms with Gasteiger partial charge in [0, 0.05) is 11.7 Å². The minimum Gasteiger partial charge on any atom is -0.602 e. The summed E-state index contributed by atoms with van der Waals surface area (Å²) < 4.78 is 10.4. The van der Waals surface area contributed by atoms with Crippen LogP contribution in [-0.4, -0.2) is 18.2 Å². The summed E-state index contributed by atoms with van der Waals surface area (Å²) in [6, 6.07) is 0. The summed E-state index contributed by atoms with van der Waals surface area (Å²) in [5.74, 6) is 0.113. The third kappa shape index (κ3) is 4.58. The Hall–Kier alpha value is -0.853. The molecule has 23 heavy (non-hydrogen) atoms. The van der Waals surface area contributed by atoms with Crippen LogP contribution in [0.5, 0.6) is 0 Å². The Kier molecular flexibility index (Phi) is 7.77. The molecule has 0 amide bonds. The average molecular weight is 314 g/mol. The van der Waals surface area contributed by atoms with Crippen LogP contribution in [0.15, 0.2) is 23.7 Å². The maximum absolute atomic E-state index is 12.0. The Bertz CT molecular complexity index is 466. The van der Waals surface area contributed by atoms with E-state index >= 15 is 0 Å². The molecular weight excluding hydrogens is 287 g/mol. The van der Waals surface area contributed by atoms with Crippen molar-refractivity contribution in [1.29, 1.82) is 0 Å². The molecule has 1 heterocycles. The van der Waals surface area contributed by atoms with Crippen molar-refractivity contribution in [3.8, 4) is 0 Å². The molecule has 124 valence electrons. The third-order valence-corrected chi connectivity index (χ3v) is 5.04. The van der Waals surface area contributed by atoms with E-state index in [1.54, 1.807) is 6.92 Å². The summed E-state index contributed by atoms with van der Waals surface area (Å²) in [4.78, 5) is 11.3. The second-order valence-electron chi connectivity index (χ2n) is 6.54. The largest absolute Gasteiger partial charge is 1.00 e. The Labute approximate surface area is 151 Å². The number of hydrogen-bond acceptors (Lipinski definition) is 4. The molecule has 0 bridgehead atoms. The first-order valence-corrected chi connectivity index (χ1v) is 8.43. The molecule has 5 heteroatoms. The maximum atomic E-state index is 12.0. The van der Waals surface area contributed by atoms with Crippen molar-refractivity contribution in [1.82, 2.24) is 0 Å². The molecule has 0 radical (unpaired) electrons. The zero-order valence-corrected chi connectivity index (χ0v) is 14.9. The van der Waals surface area contributed by atoms with Gasteiger partial charge >= 0.3 is 24.8 Å². The molecule has 0 aromatic heterocycles. The smallest absolute Gasteiger partial charge is 0.602 e. The third-order valence-electron chi connectivity index (χ3n) is 5.04. The van der Waals surface area contributed by atoms with E-state index in [1.165, 1.54) is 25.3 Å². The van der Waals surface area contributed by atoms with Crippen molar-refractivity contribution >= 4 is 5.97 Å². The zero-order valence-electron chi connectivity index (χ0n) is 14.9. The van der Waals surface area contributed by atoms with Crippen LogP contribution < -0.4 is 24.0 Å². The minimum absolute atomic E-state index is 0. The van der Waals surface area contributed by atoms with Crippen molar-refractivity contribution in [3.05, 3.63) is 23.7 Å². The summed E-state index contributed by atoms with van der Waals surface area (Å²) in [5.41, 5.74) is 0.502. The Morgan fingerprint density at radius 1 is 1.43 bits per heavy atom. The average Bonchev–Trinajstić information content (AvgIpc) is 2.47. The quantitative estimate of drug-likeness (QED) is 0.396. The molecule has 1 saturated carbocycles. The molecule has 0 aromatic carbocycles. The number of ether oxygens (including phenoxy) is 2. The molecule has 1 aliphatic heterocycles. The van der Waals surface area contributed by atoms with E-state index in [4.69, 9.17) is 9.47 Å². The molecule has 2 aliphatic rings. The van der Waals surface area contributed by atoms with E-state index in [1.807, 2.05) is 13.0 Å². The first kappa shape index (κ1) is 20.2.